The Morgan fingerprint density at radius 2 is 1.78 bits per heavy atom. The van der Waals surface area contributed by atoms with Crippen molar-refractivity contribution >= 4 is 5.69 Å². The van der Waals surface area contributed by atoms with Gasteiger partial charge in [-0.25, -0.2) is 0 Å². The molecule has 0 spiro atoms. The van der Waals surface area contributed by atoms with Gasteiger partial charge in [0.1, 0.15) is 0 Å². The molecule has 0 aliphatic heterocycles. The molecular formula is C16H26N2. The molecule has 0 radical (unpaired) electrons. The first-order chi connectivity index (χ1) is 8.56. The Kier molecular flexibility index (Phi) is 4.28. The van der Waals surface area contributed by atoms with Crippen molar-refractivity contribution in [2.75, 3.05) is 18.5 Å². The summed E-state index contributed by atoms with van der Waals surface area (Å²) < 4.78 is 0. The Bertz CT molecular complexity index is 392. The fourth-order valence-electron chi connectivity index (χ4n) is 2.83. The molecule has 0 unspecified atom stereocenters. The van der Waals surface area contributed by atoms with E-state index in [1.165, 1.54) is 42.5 Å². The fraction of sp³-hybridized carbons (Fsp3) is 0.625. The average molecular weight is 246 g/mol. The topological polar surface area (TPSA) is 29.3 Å². The van der Waals surface area contributed by atoms with E-state index < -0.39 is 0 Å². The summed E-state index contributed by atoms with van der Waals surface area (Å²) in [4.78, 5) is 2.40. The van der Waals surface area contributed by atoms with Crippen LogP contribution in [-0.4, -0.2) is 19.6 Å². The third-order valence-corrected chi connectivity index (χ3v) is 4.35. The Morgan fingerprint density at radius 3 is 2.39 bits per heavy atom. The molecule has 2 rings (SSSR count). The lowest BCUT2D eigenvalue weighted by Gasteiger charge is -2.31. The molecule has 0 bridgehead atoms. The molecule has 1 aromatic rings. The van der Waals surface area contributed by atoms with Crippen molar-refractivity contribution in [3.63, 3.8) is 0 Å². The molecular weight excluding hydrogens is 220 g/mol. The van der Waals surface area contributed by atoms with Crippen LogP contribution in [0.5, 0.6) is 0 Å². The molecule has 18 heavy (non-hydrogen) atoms. The van der Waals surface area contributed by atoms with Crippen LogP contribution in [0.25, 0.3) is 0 Å². The van der Waals surface area contributed by atoms with Crippen molar-refractivity contribution in [1.29, 1.82) is 0 Å². The van der Waals surface area contributed by atoms with Crippen LogP contribution in [0, 0.1) is 19.8 Å². The molecule has 1 fully saturated rings. The van der Waals surface area contributed by atoms with Crippen LogP contribution >= 0.6 is 0 Å². The van der Waals surface area contributed by atoms with Gasteiger partial charge in [0.05, 0.1) is 0 Å². The summed E-state index contributed by atoms with van der Waals surface area (Å²) in [6.07, 6.45) is 4.98. The van der Waals surface area contributed by atoms with Crippen molar-refractivity contribution in [3.05, 3.63) is 29.3 Å². The molecule has 0 heterocycles. The number of hydrogen-bond acceptors (Lipinski definition) is 2. The Hall–Kier alpha value is -1.02. The first-order valence-electron chi connectivity index (χ1n) is 7.10. The first kappa shape index (κ1) is 13.4. The molecule has 0 saturated heterocycles. The highest BCUT2D eigenvalue weighted by Crippen LogP contribution is 2.26. The van der Waals surface area contributed by atoms with Crippen molar-refractivity contribution in [2.24, 2.45) is 11.7 Å². The number of anilines is 1. The van der Waals surface area contributed by atoms with Gasteiger partial charge in [-0.05, 0) is 68.7 Å². The second kappa shape index (κ2) is 5.75. The lowest BCUT2D eigenvalue weighted by Crippen LogP contribution is -2.32. The van der Waals surface area contributed by atoms with E-state index in [0.29, 0.717) is 6.04 Å². The van der Waals surface area contributed by atoms with Crippen LogP contribution in [0.3, 0.4) is 0 Å². The molecule has 0 aromatic heterocycles. The summed E-state index contributed by atoms with van der Waals surface area (Å²) in [5.74, 6) is 0.816. The molecule has 2 nitrogen and oxygen atoms in total. The zero-order valence-electron chi connectivity index (χ0n) is 11.9. The van der Waals surface area contributed by atoms with Crippen LogP contribution in [0.15, 0.2) is 18.2 Å². The number of aryl methyl sites for hydroxylation is 2. The van der Waals surface area contributed by atoms with Crippen molar-refractivity contribution in [2.45, 2.75) is 45.6 Å². The summed E-state index contributed by atoms with van der Waals surface area (Å²) in [5.41, 5.74) is 10.1. The van der Waals surface area contributed by atoms with Gasteiger partial charge in [0.25, 0.3) is 0 Å². The SMILES string of the molecule is Cc1ccc(N(C)CC2CCC(N)CC2)cc1C. The zero-order valence-corrected chi connectivity index (χ0v) is 11.9. The Balaban J connectivity index is 1.94. The van der Waals surface area contributed by atoms with Gasteiger partial charge < -0.3 is 10.6 Å². The highest BCUT2D eigenvalue weighted by atomic mass is 15.1. The minimum absolute atomic E-state index is 0.452. The molecule has 100 valence electrons. The predicted molar refractivity (Wildman–Crippen MR) is 79.1 cm³/mol. The van der Waals surface area contributed by atoms with Crippen molar-refractivity contribution < 1.29 is 0 Å². The normalized spacial score (nSPS) is 24.0. The van der Waals surface area contributed by atoms with E-state index in [9.17, 15) is 0 Å². The largest absolute Gasteiger partial charge is 0.374 e. The van der Waals surface area contributed by atoms with E-state index in [-0.39, 0.29) is 0 Å². The summed E-state index contributed by atoms with van der Waals surface area (Å²) in [7, 11) is 2.21. The molecule has 1 aliphatic rings. The summed E-state index contributed by atoms with van der Waals surface area (Å²) in [5, 5.41) is 0. The molecule has 0 atom stereocenters. The molecule has 1 aromatic carbocycles. The van der Waals surface area contributed by atoms with Gasteiger partial charge in [-0.3, -0.25) is 0 Å². The minimum atomic E-state index is 0.452. The lowest BCUT2D eigenvalue weighted by molar-refractivity contribution is 0.330. The third kappa shape index (κ3) is 3.26. The highest BCUT2D eigenvalue weighted by Gasteiger charge is 2.19. The second-order valence-electron chi connectivity index (χ2n) is 5.93. The summed E-state index contributed by atoms with van der Waals surface area (Å²) in [6, 6.07) is 7.20. The van der Waals surface area contributed by atoms with Crippen molar-refractivity contribution in [3.8, 4) is 0 Å². The van der Waals surface area contributed by atoms with E-state index in [2.05, 4.69) is 44.0 Å². The molecule has 0 amide bonds. The van der Waals surface area contributed by atoms with Crippen LogP contribution in [0.4, 0.5) is 5.69 Å². The molecule has 2 N–H and O–H groups in total. The highest BCUT2D eigenvalue weighted by molar-refractivity contribution is 5.50. The smallest absolute Gasteiger partial charge is 0.0366 e. The first-order valence-corrected chi connectivity index (χ1v) is 7.10. The van der Waals surface area contributed by atoms with Gasteiger partial charge in [0.2, 0.25) is 0 Å². The fourth-order valence-corrected chi connectivity index (χ4v) is 2.83. The van der Waals surface area contributed by atoms with E-state index in [0.717, 1.165) is 12.5 Å². The maximum absolute atomic E-state index is 5.96. The van der Waals surface area contributed by atoms with E-state index in [1.54, 1.807) is 0 Å². The van der Waals surface area contributed by atoms with Crippen molar-refractivity contribution in [1.82, 2.24) is 0 Å². The monoisotopic (exact) mass is 246 g/mol. The molecule has 1 aliphatic carbocycles. The maximum atomic E-state index is 5.96. The second-order valence-corrected chi connectivity index (χ2v) is 5.93. The molecule has 1 saturated carbocycles. The van der Waals surface area contributed by atoms with Gasteiger partial charge >= 0.3 is 0 Å². The minimum Gasteiger partial charge on any atom is -0.374 e. The van der Waals surface area contributed by atoms with Gasteiger partial charge in [-0.1, -0.05) is 6.07 Å². The predicted octanol–water partition coefficient (Wildman–Crippen LogP) is 3.26. The average Bonchev–Trinajstić information content (AvgIpc) is 2.35. The number of benzene rings is 1. The Morgan fingerprint density at radius 1 is 1.11 bits per heavy atom. The van der Waals surface area contributed by atoms with E-state index in [1.807, 2.05) is 0 Å². The number of rotatable bonds is 3. The number of nitrogens with zero attached hydrogens (tertiary/aromatic N) is 1. The summed E-state index contributed by atoms with van der Waals surface area (Å²) in [6.45, 7) is 5.52. The van der Waals surface area contributed by atoms with Crippen LogP contribution in [0.2, 0.25) is 0 Å². The third-order valence-electron chi connectivity index (χ3n) is 4.35. The Labute approximate surface area is 111 Å². The maximum Gasteiger partial charge on any atom is 0.0366 e. The van der Waals surface area contributed by atoms with Crippen LogP contribution in [0.1, 0.15) is 36.8 Å². The van der Waals surface area contributed by atoms with Gasteiger partial charge in [0.15, 0.2) is 0 Å². The van der Waals surface area contributed by atoms with E-state index >= 15 is 0 Å². The lowest BCUT2D eigenvalue weighted by atomic mass is 9.86. The van der Waals surface area contributed by atoms with Gasteiger partial charge in [-0.2, -0.15) is 0 Å². The summed E-state index contributed by atoms with van der Waals surface area (Å²) >= 11 is 0. The number of nitrogens with two attached hydrogens (primary N) is 1. The van der Waals surface area contributed by atoms with Crippen LogP contribution < -0.4 is 10.6 Å². The zero-order chi connectivity index (χ0) is 13.1. The standard InChI is InChI=1S/C16H26N2/c1-12-4-9-16(10-13(12)2)18(3)11-14-5-7-15(17)8-6-14/h4,9-10,14-15H,5-8,11,17H2,1-3H3. The van der Waals surface area contributed by atoms with Crippen LogP contribution in [-0.2, 0) is 0 Å². The quantitative estimate of drug-likeness (QED) is 0.887. The molecule has 2 heteroatoms. The van der Waals surface area contributed by atoms with Gasteiger partial charge in [-0.15, -0.1) is 0 Å². The van der Waals surface area contributed by atoms with Gasteiger partial charge in [0, 0.05) is 25.3 Å². The van der Waals surface area contributed by atoms with E-state index in [4.69, 9.17) is 5.73 Å². The number of hydrogen-bond donors (Lipinski definition) is 1.